The molecule has 5 rings (SSSR count). The summed E-state index contributed by atoms with van der Waals surface area (Å²) in [5, 5.41) is 9.60. The Morgan fingerprint density at radius 2 is 1.95 bits per heavy atom. The van der Waals surface area contributed by atoms with Gasteiger partial charge in [0, 0.05) is 11.6 Å². The van der Waals surface area contributed by atoms with Crippen molar-refractivity contribution in [3.8, 4) is 22.8 Å². The second-order valence-corrected chi connectivity index (χ2v) is 9.91. The molecule has 0 aliphatic carbocycles. The van der Waals surface area contributed by atoms with E-state index < -0.39 is 12.0 Å². The Morgan fingerprint density at radius 1 is 1.17 bits per heavy atom. The number of hydrogen-bond donors (Lipinski definition) is 1. The Kier molecular flexibility index (Phi) is 7.58. The van der Waals surface area contributed by atoms with E-state index in [4.69, 9.17) is 18.6 Å². The first-order chi connectivity index (χ1) is 19.8. The minimum Gasteiger partial charge on any atom is -0.496 e. The van der Waals surface area contributed by atoms with Crippen LogP contribution in [0.1, 0.15) is 31.2 Å². The van der Waals surface area contributed by atoms with E-state index in [-0.39, 0.29) is 28.3 Å². The van der Waals surface area contributed by atoms with Crippen molar-refractivity contribution in [1.29, 1.82) is 0 Å². The number of methoxy groups -OCH3 is 2. The van der Waals surface area contributed by atoms with Gasteiger partial charge in [-0.05, 0) is 44.2 Å². The summed E-state index contributed by atoms with van der Waals surface area (Å²) in [4.78, 5) is 43.4. The number of esters is 1. The van der Waals surface area contributed by atoms with Crippen LogP contribution in [0.15, 0.2) is 80.1 Å². The molecule has 0 fully saturated rings. The van der Waals surface area contributed by atoms with Gasteiger partial charge < -0.3 is 18.6 Å². The molecule has 12 heteroatoms. The molecule has 11 nitrogen and oxygen atoms in total. The van der Waals surface area contributed by atoms with Crippen molar-refractivity contribution in [2.75, 3.05) is 20.8 Å². The minimum absolute atomic E-state index is 0.0663. The van der Waals surface area contributed by atoms with Crippen LogP contribution in [0.3, 0.4) is 0 Å². The highest BCUT2D eigenvalue weighted by molar-refractivity contribution is 7.07. The fourth-order valence-electron chi connectivity index (χ4n) is 4.69. The highest BCUT2D eigenvalue weighted by Gasteiger charge is 2.35. The number of allylic oxidation sites excluding steroid dienone is 1. The zero-order chi connectivity index (χ0) is 29.3. The first-order valence-electron chi connectivity index (χ1n) is 12.5. The SMILES string of the molecule is CCOC(=O)C1=C(C)N=c2s/c(=C/c3ccc(-c4ccc(OC)cc4[N+](=O)O)o3)c(=O)n2C1c1ccccc1OC. The highest BCUT2D eigenvalue weighted by Crippen LogP contribution is 2.36. The smallest absolute Gasteiger partial charge is 0.338 e. The largest absolute Gasteiger partial charge is 0.496 e. The summed E-state index contributed by atoms with van der Waals surface area (Å²) in [6.07, 6.45) is 1.56. The third-order valence-electron chi connectivity index (χ3n) is 6.53. The van der Waals surface area contributed by atoms with Crippen molar-refractivity contribution in [3.05, 3.63) is 102 Å². The molecule has 2 aromatic carbocycles. The number of hydrogen-bond acceptors (Lipinski definition) is 9. The zero-order valence-corrected chi connectivity index (χ0v) is 23.4. The third-order valence-corrected chi connectivity index (χ3v) is 7.51. The van der Waals surface area contributed by atoms with Gasteiger partial charge in [-0.25, -0.2) is 15.0 Å². The van der Waals surface area contributed by atoms with Crippen LogP contribution in [0.25, 0.3) is 17.4 Å². The molecule has 1 N–H and O–H groups in total. The Balaban J connectivity index is 1.65. The van der Waals surface area contributed by atoms with E-state index >= 15 is 0 Å². The van der Waals surface area contributed by atoms with Crippen molar-refractivity contribution >= 4 is 29.1 Å². The van der Waals surface area contributed by atoms with Gasteiger partial charge in [0.25, 0.3) is 10.5 Å². The van der Waals surface area contributed by atoms with E-state index in [0.717, 1.165) is 11.3 Å². The Labute approximate surface area is 237 Å². The lowest BCUT2D eigenvalue weighted by molar-refractivity contribution is -0.729. The summed E-state index contributed by atoms with van der Waals surface area (Å²) in [7, 11) is 2.97. The summed E-state index contributed by atoms with van der Waals surface area (Å²) < 4.78 is 23.7. The molecule has 1 aliphatic rings. The molecule has 1 atom stereocenters. The zero-order valence-electron chi connectivity index (χ0n) is 22.6. The number of aromatic nitrogens is 1. The van der Waals surface area contributed by atoms with Crippen LogP contribution in [0, 0.1) is 4.91 Å². The lowest BCUT2D eigenvalue weighted by Crippen LogP contribution is -2.40. The highest BCUT2D eigenvalue weighted by atomic mass is 32.1. The van der Waals surface area contributed by atoms with Gasteiger partial charge in [0.15, 0.2) is 4.80 Å². The van der Waals surface area contributed by atoms with Crippen molar-refractivity contribution in [3.63, 3.8) is 0 Å². The first-order valence-corrected chi connectivity index (χ1v) is 13.4. The van der Waals surface area contributed by atoms with Crippen LogP contribution in [0.2, 0.25) is 0 Å². The third kappa shape index (κ3) is 5.05. The standard InChI is InChI=1S/C29H26N3O8S/c1-5-39-28(34)25-16(2)30-29-31(26(25)20-8-6-7-9-22(20)38-4)27(33)24(41-29)15-18-11-13-23(40-18)19-12-10-17(37-3)14-21(19)32(35)36/h6-15,26H,5H2,1-4H3,(H,35,36)/q+1/b24-15+. The lowest BCUT2D eigenvalue weighted by atomic mass is 9.95. The maximum Gasteiger partial charge on any atom is 0.338 e. The molecule has 1 unspecified atom stereocenters. The van der Waals surface area contributed by atoms with E-state index in [2.05, 4.69) is 4.99 Å². The van der Waals surface area contributed by atoms with Gasteiger partial charge in [0.1, 0.15) is 29.1 Å². The Morgan fingerprint density at radius 3 is 2.66 bits per heavy atom. The molecule has 1 aliphatic heterocycles. The van der Waals surface area contributed by atoms with Crippen LogP contribution < -0.4 is 24.4 Å². The molecule has 0 saturated heterocycles. The average molecular weight is 577 g/mol. The summed E-state index contributed by atoms with van der Waals surface area (Å²) in [5.74, 6) is 0.946. The van der Waals surface area contributed by atoms with Crippen LogP contribution in [0.5, 0.6) is 11.5 Å². The number of carbonyl (C=O) groups is 1. The Bertz CT molecular complexity index is 1880. The maximum absolute atomic E-state index is 13.9. The van der Waals surface area contributed by atoms with E-state index in [0.29, 0.717) is 49.2 Å². The molecule has 0 amide bonds. The topological polar surface area (TPSA) is 133 Å². The van der Waals surface area contributed by atoms with Gasteiger partial charge >= 0.3 is 11.7 Å². The summed E-state index contributed by atoms with van der Waals surface area (Å²) in [6.45, 7) is 3.58. The van der Waals surface area contributed by atoms with Gasteiger partial charge in [-0.3, -0.25) is 9.36 Å². The molecule has 4 aromatic rings. The van der Waals surface area contributed by atoms with Crippen molar-refractivity contribution in [2.24, 2.45) is 4.99 Å². The van der Waals surface area contributed by atoms with E-state index in [1.54, 1.807) is 68.5 Å². The van der Waals surface area contributed by atoms with Gasteiger partial charge in [-0.2, -0.15) is 0 Å². The molecular weight excluding hydrogens is 550 g/mol. The monoisotopic (exact) mass is 576 g/mol. The molecule has 2 aromatic heterocycles. The number of carbonyl (C=O) groups excluding carboxylic acids is 1. The van der Waals surface area contributed by atoms with Crippen LogP contribution in [-0.2, 0) is 9.53 Å². The fourth-order valence-corrected chi connectivity index (χ4v) is 5.71. The van der Waals surface area contributed by atoms with Crippen molar-refractivity contribution in [1.82, 2.24) is 4.57 Å². The molecule has 0 bridgehead atoms. The second-order valence-electron chi connectivity index (χ2n) is 8.90. The average Bonchev–Trinajstić information content (AvgIpc) is 3.56. The van der Waals surface area contributed by atoms with Crippen LogP contribution in [0.4, 0.5) is 5.69 Å². The summed E-state index contributed by atoms with van der Waals surface area (Å²) in [6, 6.07) is 14.2. The number of ether oxygens (including phenoxy) is 3. The predicted molar refractivity (Wildman–Crippen MR) is 149 cm³/mol. The number of thiazole rings is 1. The number of fused-ring (bicyclic) bond motifs is 1. The van der Waals surface area contributed by atoms with Gasteiger partial charge in [0.05, 0.1) is 53.2 Å². The van der Waals surface area contributed by atoms with Crippen LogP contribution >= 0.6 is 11.3 Å². The number of benzene rings is 2. The molecule has 3 heterocycles. The summed E-state index contributed by atoms with van der Waals surface area (Å²) >= 11 is 1.14. The summed E-state index contributed by atoms with van der Waals surface area (Å²) in [5.41, 5.74) is 1.17. The second kappa shape index (κ2) is 11.3. The normalized spacial score (nSPS) is 14.8. The lowest BCUT2D eigenvalue weighted by Gasteiger charge is -2.25. The van der Waals surface area contributed by atoms with Gasteiger partial charge in [-0.15, -0.1) is 0 Å². The molecule has 41 heavy (non-hydrogen) atoms. The Hall–Kier alpha value is -4.97. The molecular formula is C29H26N3O8S+. The quantitative estimate of drug-likeness (QED) is 0.247. The molecule has 210 valence electrons. The van der Waals surface area contributed by atoms with E-state index in [1.165, 1.54) is 24.9 Å². The number of furan rings is 1. The number of nitrogens with zero attached hydrogens (tertiary/aromatic N) is 3. The van der Waals surface area contributed by atoms with Gasteiger partial charge in [0.2, 0.25) is 0 Å². The van der Waals surface area contributed by atoms with Crippen molar-refractivity contribution < 1.29 is 33.6 Å². The fraction of sp³-hybridized carbons (Fsp3) is 0.207. The predicted octanol–water partition coefficient (Wildman–Crippen LogP) is 3.88. The van der Waals surface area contributed by atoms with Gasteiger partial charge in [-0.1, -0.05) is 29.5 Å². The molecule has 0 radical (unpaired) electrons. The van der Waals surface area contributed by atoms with Crippen molar-refractivity contribution in [2.45, 2.75) is 19.9 Å². The molecule has 0 spiro atoms. The maximum atomic E-state index is 13.9. The molecule has 0 saturated carbocycles. The van der Waals surface area contributed by atoms with E-state index in [9.17, 15) is 19.7 Å². The van der Waals surface area contributed by atoms with Crippen LogP contribution in [-0.4, -0.2) is 41.5 Å². The number of rotatable bonds is 8. The minimum atomic E-state index is -0.829. The first kappa shape index (κ1) is 27.6. The van der Waals surface area contributed by atoms with E-state index in [1.807, 2.05) is 0 Å². The number of para-hydroxylation sites is 1.